The fourth-order valence-corrected chi connectivity index (χ4v) is 2.44. The molecule has 4 heteroatoms. The summed E-state index contributed by atoms with van der Waals surface area (Å²) in [6.45, 7) is 2.32. The molecule has 4 nitrogen and oxygen atoms in total. The number of hydrogen-bond donors (Lipinski definition) is 2. The molecule has 0 fully saturated rings. The first-order chi connectivity index (χ1) is 10.1. The minimum atomic E-state index is -0.0302. The number of nitriles is 2. The second kappa shape index (κ2) is 9.00. The molecule has 1 unspecified atom stereocenters. The van der Waals surface area contributed by atoms with Gasteiger partial charge in [-0.15, -0.1) is 0 Å². The van der Waals surface area contributed by atoms with Gasteiger partial charge >= 0.3 is 0 Å². The van der Waals surface area contributed by atoms with Crippen molar-refractivity contribution in [1.29, 1.82) is 10.5 Å². The zero-order valence-electron chi connectivity index (χ0n) is 12.6. The van der Waals surface area contributed by atoms with E-state index >= 15 is 0 Å². The van der Waals surface area contributed by atoms with Gasteiger partial charge in [-0.05, 0) is 61.8 Å². The highest BCUT2D eigenvalue weighted by Crippen LogP contribution is 2.28. The van der Waals surface area contributed by atoms with E-state index in [0.717, 1.165) is 42.4 Å². The van der Waals surface area contributed by atoms with E-state index in [2.05, 4.69) is 12.1 Å². The van der Waals surface area contributed by atoms with E-state index in [-0.39, 0.29) is 11.7 Å². The van der Waals surface area contributed by atoms with Crippen LogP contribution in [0.25, 0.3) is 0 Å². The molecule has 0 saturated carbocycles. The molecule has 0 aliphatic rings. The lowest BCUT2D eigenvalue weighted by Gasteiger charge is -2.16. The number of hydrogen-bond acceptors (Lipinski definition) is 4. The Kier molecular flexibility index (Phi) is 7.29. The van der Waals surface area contributed by atoms with Crippen molar-refractivity contribution in [2.24, 2.45) is 11.7 Å². The van der Waals surface area contributed by atoms with Crippen molar-refractivity contribution in [1.82, 2.24) is 0 Å². The molecule has 0 aliphatic carbocycles. The van der Waals surface area contributed by atoms with Gasteiger partial charge in [0.1, 0.15) is 5.75 Å². The standard InChI is InChI=1S/C17H23N3O/c1-13(11-19)6-8-16-15(5-3-2-4-10-18)14(12-20)7-9-17(16)21/h7,9,13,21H,2-6,8,12,20H2,1H3. The van der Waals surface area contributed by atoms with Crippen LogP contribution in [0.15, 0.2) is 12.1 Å². The van der Waals surface area contributed by atoms with Crippen molar-refractivity contribution in [2.45, 2.75) is 52.0 Å². The zero-order chi connectivity index (χ0) is 15.7. The molecule has 1 aromatic carbocycles. The predicted octanol–water partition coefficient (Wildman–Crippen LogP) is 3.18. The average Bonchev–Trinajstić information content (AvgIpc) is 2.50. The smallest absolute Gasteiger partial charge is 0.119 e. The maximum atomic E-state index is 10.1. The summed E-state index contributed by atoms with van der Waals surface area (Å²) in [6.07, 6.45) is 4.54. The number of nitrogens with zero attached hydrogens (tertiary/aromatic N) is 2. The Hall–Kier alpha value is -2.04. The third kappa shape index (κ3) is 5.10. The lowest BCUT2D eigenvalue weighted by Crippen LogP contribution is -2.07. The van der Waals surface area contributed by atoms with Gasteiger partial charge in [-0.25, -0.2) is 0 Å². The number of phenolic OH excluding ortho intramolecular Hbond substituents is 1. The van der Waals surface area contributed by atoms with Gasteiger partial charge in [0.05, 0.1) is 12.1 Å². The van der Waals surface area contributed by atoms with Gasteiger partial charge in [-0.2, -0.15) is 10.5 Å². The van der Waals surface area contributed by atoms with Crippen LogP contribution in [0, 0.1) is 28.6 Å². The normalized spacial score (nSPS) is 11.6. The second-order valence-electron chi connectivity index (χ2n) is 5.34. The van der Waals surface area contributed by atoms with Crippen LogP contribution in [0.4, 0.5) is 0 Å². The first kappa shape index (κ1) is 17.0. The molecule has 0 aromatic heterocycles. The summed E-state index contributed by atoms with van der Waals surface area (Å²) in [4.78, 5) is 0. The van der Waals surface area contributed by atoms with Gasteiger partial charge in [-0.3, -0.25) is 0 Å². The predicted molar refractivity (Wildman–Crippen MR) is 82.3 cm³/mol. The fourth-order valence-electron chi connectivity index (χ4n) is 2.44. The van der Waals surface area contributed by atoms with E-state index < -0.39 is 0 Å². The Bertz CT molecular complexity index is 540. The Morgan fingerprint density at radius 3 is 2.57 bits per heavy atom. The highest BCUT2D eigenvalue weighted by Gasteiger charge is 2.13. The highest BCUT2D eigenvalue weighted by molar-refractivity contribution is 5.44. The largest absolute Gasteiger partial charge is 0.508 e. The molecule has 0 bridgehead atoms. The number of phenols is 1. The van der Waals surface area contributed by atoms with Crippen LogP contribution in [0.3, 0.4) is 0 Å². The summed E-state index contributed by atoms with van der Waals surface area (Å²) in [5, 5.41) is 27.6. The van der Waals surface area contributed by atoms with Crippen LogP contribution in [-0.2, 0) is 19.4 Å². The summed E-state index contributed by atoms with van der Waals surface area (Å²) >= 11 is 0. The van der Waals surface area contributed by atoms with E-state index in [4.69, 9.17) is 16.3 Å². The van der Waals surface area contributed by atoms with Crippen LogP contribution in [-0.4, -0.2) is 5.11 Å². The minimum absolute atomic E-state index is 0.0302. The molecule has 0 aliphatic heterocycles. The van der Waals surface area contributed by atoms with Crippen molar-refractivity contribution in [2.75, 3.05) is 0 Å². The third-order valence-electron chi connectivity index (χ3n) is 3.74. The van der Waals surface area contributed by atoms with Crippen LogP contribution in [0.1, 0.15) is 49.3 Å². The molecule has 1 aromatic rings. The van der Waals surface area contributed by atoms with Crippen LogP contribution < -0.4 is 5.73 Å². The topological polar surface area (TPSA) is 93.8 Å². The summed E-state index contributed by atoms with van der Waals surface area (Å²) in [7, 11) is 0. The quantitative estimate of drug-likeness (QED) is 0.717. The van der Waals surface area contributed by atoms with Gasteiger partial charge < -0.3 is 10.8 Å². The van der Waals surface area contributed by atoms with E-state index in [1.54, 1.807) is 6.07 Å². The van der Waals surface area contributed by atoms with Gasteiger partial charge in [0, 0.05) is 18.9 Å². The lowest BCUT2D eigenvalue weighted by molar-refractivity contribution is 0.463. The zero-order valence-corrected chi connectivity index (χ0v) is 12.6. The molecule has 0 saturated heterocycles. The van der Waals surface area contributed by atoms with Gasteiger partial charge in [-0.1, -0.05) is 6.07 Å². The molecule has 21 heavy (non-hydrogen) atoms. The maximum absolute atomic E-state index is 10.1. The Labute approximate surface area is 126 Å². The molecule has 1 atom stereocenters. The Morgan fingerprint density at radius 1 is 1.19 bits per heavy atom. The molecule has 0 radical (unpaired) electrons. The molecule has 0 amide bonds. The highest BCUT2D eigenvalue weighted by atomic mass is 16.3. The maximum Gasteiger partial charge on any atom is 0.119 e. The SMILES string of the molecule is CC(C#N)CCc1c(O)ccc(CN)c1CCCCC#N. The van der Waals surface area contributed by atoms with Crippen molar-refractivity contribution in [3.63, 3.8) is 0 Å². The first-order valence-corrected chi connectivity index (χ1v) is 7.43. The van der Waals surface area contributed by atoms with Crippen molar-refractivity contribution >= 4 is 0 Å². The molecule has 0 heterocycles. The van der Waals surface area contributed by atoms with Gasteiger partial charge in [0.2, 0.25) is 0 Å². The van der Waals surface area contributed by atoms with Crippen LogP contribution in [0.5, 0.6) is 5.75 Å². The molecule has 3 N–H and O–H groups in total. The first-order valence-electron chi connectivity index (χ1n) is 7.43. The van der Waals surface area contributed by atoms with Crippen molar-refractivity contribution in [3.05, 3.63) is 28.8 Å². The van der Waals surface area contributed by atoms with E-state index in [0.29, 0.717) is 19.4 Å². The van der Waals surface area contributed by atoms with Crippen LogP contribution in [0.2, 0.25) is 0 Å². The summed E-state index contributed by atoms with van der Waals surface area (Å²) in [5.74, 6) is 0.255. The van der Waals surface area contributed by atoms with Crippen molar-refractivity contribution in [3.8, 4) is 17.9 Å². The third-order valence-corrected chi connectivity index (χ3v) is 3.74. The summed E-state index contributed by atoms with van der Waals surface area (Å²) in [6, 6.07) is 7.92. The number of unbranched alkanes of at least 4 members (excludes halogenated alkanes) is 2. The number of benzene rings is 1. The van der Waals surface area contributed by atoms with Gasteiger partial charge in [0.25, 0.3) is 0 Å². The second-order valence-corrected chi connectivity index (χ2v) is 5.34. The Balaban J connectivity index is 2.92. The molecule has 112 valence electrons. The van der Waals surface area contributed by atoms with E-state index in [1.807, 2.05) is 13.0 Å². The van der Waals surface area contributed by atoms with E-state index in [9.17, 15) is 5.11 Å². The number of rotatable bonds is 8. The molecule has 0 spiro atoms. The summed E-state index contributed by atoms with van der Waals surface area (Å²) < 4.78 is 0. The average molecular weight is 285 g/mol. The van der Waals surface area contributed by atoms with Gasteiger partial charge in [0.15, 0.2) is 0 Å². The lowest BCUT2D eigenvalue weighted by atomic mass is 9.91. The van der Waals surface area contributed by atoms with Crippen molar-refractivity contribution < 1.29 is 5.11 Å². The molecular formula is C17H23N3O. The molecular weight excluding hydrogens is 262 g/mol. The summed E-state index contributed by atoms with van der Waals surface area (Å²) in [5.41, 5.74) is 8.85. The monoisotopic (exact) mass is 285 g/mol. The number of nitrogens with two attached hydrogens (primary N) is 1. The van der Waals surface area contributed by atoms with E-state index in [1.165, 1.54) is 0 Å². The Morgan fingerprint density at radius 2 is 1.95 bits per heavy atom. The van der Waals surface area contributed by atoms with Crippen LogP contribution >= 0.6 is 0 Å². The minimum Gasteiger partial charge on any atom is -0.508 e. The molecule has 1 rings (SSSR count). The fraction of sp³-hybridized carbons (Fsp3) is 0.529. The number of aromatic hydroxyl groups is 1.